The van der Waals surface area contributed by atoms with E-state index < -0.39 is 0 Å². The minimum atomic E-state index is -0.192. The van der Waals surface area contributed by atoms with Crippen LogP contribution < -0.4 is 5.32 Å². The van der Waals surface area contributed by atoms with Crippen molar-refractivity contribution in [2.24, 2.45) is 17.3 Å². The van der Waals surface area contributed by atoms with Crippen molar-refractivity contribution in [3.63, 3.8) is 0 Å². The van der Waals surface area contributed by atoms with E-state index in [1.54, 1.807) is 6.20 Å². The van der Waals surface area contributed by atoms with Gasteiger partial charge in [0.1, 0.15) is 0 Å². The van der Waals surface area contributed by atoms with E-state index in [9.17, 15) is 4.79 Å². The molecule has 6 heteroatoms. The predicted molar refractivity (Wildman–Crippen MR) is 99.1 cm³/mol. The highest BCUT2D eigenvalue weighted by Gasteiger charge is 2.59. The van der Waals surface area contributed by atoms with Crippen LogP contribution in [0.15, 0.2) is 12.4 Å². The highest BCUT2D eigenvalue weighted by Crippen LogP contribution is 2.64. The number of carbonyl (C=O) groups is 1. The number of aromatic nitrogens is 2. The Morgan fingerprint density at radius 1 is 1.36 bits per heavy atom. The molecule has 2 unspecified atom stereocenters. The molecule has 0 saturated heterocycles. The molecular weight excluding hydrogens is 380 g/mol. The minimum Gasteiger partial charge on any atom is -0.323 e. The number of halogens is 1. The molecule has 4 aliphatic rings. The van der Waals surface area contributed by atoms with Gasteiger partial charge in [-0.25, -0.2) is 0 Å². The Bertz CT molecular complexity index is 693. The maximum absolute atomic E-state index is 13.1. The number of carbonyl (C=O) groups excluding carboxylic acids is 1. The Kier molecular flexibility index (Phi) is 4.39. The third kappa shape index (κ3) is 3.36. The Morgan fingerprint density at radius 2 is 2.12 bits per heavy atom. The molecule has 4 bridgehead atoms. The minimum absolute atomic E-state index is 0.189. The standard InChI is InChI=1S/C19H25BrN4O/c20-19-9-14-6-15(10-19)8-18(7-14,13-19)17(25)23-16-11-22-24(12-16)5-3-1-2-4-21/h11-12,14-15H,1-3,5-10,13H2,(H,23,25). The van der Waals surface area contributed by atoms with Gasteiger partial charge in [0.2, 0.25) is 5.91 Å². The maximum atomic E-state index is 13.1. The topological polar surface area (TPSA) is 70.7 Å². The molecule has 1 aromatic rings. The summed E-state index contributed by atoms with van der Waals surface area (Å²) >= 11 is 3.97. The number of anilines is 1. The molecule has 1 amide bonds. The van der Waals surface area contributed by atoms with Crippen LogP contribution in [0, 0.1) is 28.6 Å². The van der Waals surface area contributed by atoms with Crippen LogP contribution >= 0.6 is 15.9 Å². The van der Waals surface area contributed by atoms with E-state index in [1.807, 2.05) is 10.9 Å². The molecule has 0 radical (unpaired) electrons. The van der Waals surface area contributed by atoms with Gasteiger partial charge < -0.3 is 5.32 Å². The van der Waals surface area contributed by atoms with Crippen molar-refractivity contribution >= 4 is 27.5 Å². The number of rotatable bonds is 6. The van der Waals surface area contributed by atoms with Gasteiger partial charge in [-0.2, -0.15) is 10.4 Å². The molecule has 1 heterocycles. The molecule has 1 aromatic heterocycles. The Hall–Kier alpha value is -1.35. The second-order valence-corrected chi connectivity index (χ2v) is 10.1. The van der Waals surface area contributed by atoms with Crippen molar-refractivity contribution in [3.8, 4) is 6.07 Å². The highest BCUT2D eigenvalue weighted by molar-refractivity contribution is 9.10. The predicted octanol–water partition coefficient (Wildman–Crippen LogP) is 4.25. The molecule has 4 saturated carbocycles. The van der Waals surface area contributed by atoms with Gasteiger partial charge in [-0.15, -0.1) is 0 Å². The van der Waals surface area contributed by atoms with Gasteiger partial charge in [0.25, 0.3) is 0 Å². The zero-order valence-electron chi connectivity index (χ0n) is 14.5. The van der Waals surface area contributed by atoms with E-state index >= 15 is 0 Å². The average Bonchev–Trinajstić information content (AvgIpc) is 2.96. The fourth-order valence-corrected chi connectivity index (χ4v) is 7.16. The van der Waals surface area contributed by atoms with Crippen LogP contribution in [0.5, 0.6) is 0 Å². The first-order valence-electron chi connectivity index (χ1n) is 9.40. The normalized spacial score (nSPS) is 35.5. The number of hydrogen-bond acceptors (Lipinski definition) is 3. The Morgan fingerprint density at radius 3 is 2.80 bits per heavy atom. The first-order chi connectivity index (χ1) is 12.0. The number of hydrogen-bond donors (Lipinski definition) is 1. The summed E-state index contributed by atoms with van der Waals surface area (Å²) in [5.41, 5.74) is 0.604. The van der Waals surface area contributed by atoms with Crippen LogP contribution in [0.3, 0.4) is 0 Å². The third-order valence-electron chi connectivity index (χ3n) is 6.29. The molecule has 4 aliphatic carbocycles. The van der Waals surface area contributed by atoms with Crippen molar-refractivity contribution in [1.82, 2.24) is 9.78 Å². The van der Waals surface area contributed by atoms with Gasteiger partial charge in [0.05, 0.1) is 23.4 Å². The molecule has 5 rings (SSSR count). The van der Waals surface area contributed by atoms with Gasteiger partial charge in [0, 0.05) is 23.5 Å². The zero-order chi connectivity index (χ0) is 17.5. The number of unbranched alkanes of at least 4 members (excludes halogenated alkanes) is 2. The molecule has 4 fully saturated rings. The van der Waals surface area contributed by atoms with Crippen LogP contribution in [0.1, 0.15) is 57.8 Å². The number of aryl methyl sites for hydroxylation is 1. The summed E-state index contributed by atoms with van der Waals surface area (Å²) in [4.78, 5) is 13.1. The second kappa shape index (κ2) is 6.42. The lowest BCUT2D eigenvalue weighted by molar-refractivity contribution is -0.138. The van der Waals surface area contributed by atoms with Gasteiger partial charge in [-0.1, -0.05) is 15.9 Å². The molecule has 0 aliphatic heterocycles. The number of nitrogens with zero attached hydrogens (tertiary/aromatic N) is 3. The molecule has 1 N–H and O–H groups in total. The number of amides is 1. The smallest absolute Gasteiger partial charge is 0.230 e. The van der Waals surface area contributed by atoms with Gasteiger partial charge >= 0.3 is 0 Å². The summed E-state index contributed by atoms with van der Waals surface area (Å²) in [6, 6.07) is 2.16. The molecular formula is C19H25BrN4O. The molecule has 0 aromatic carbocycles. The summed E-state index contributed by atoms with van der Waals surface area (Å²) in [6.45, 7) is 0.789. The van der Waals surface area contributed by atoms with Crippen molar-refractivity contribution < 1.29 is 4.79 Å². The van der Waals surface area contributed by atoms with Gasteiger partial charge in [0.15, 0.2) is 0 Å². The number of alkyl halides is 1. The van der Waals surface area contributed by atoms with Crippen LogP contribution in [0.2, 0.25) is 0 Å². The molecule has 0 spiro atoms. The van der Waals surface area contributed by atoms with Gasteiger partial charge in [-0.3, -0.25) is 9.48 Å². The first-order valence-corrected chi connectivity index (χ1v) is 10.2. The summed E-state index contributed by atoms with van der Waals surface area (Å²) in [6.07, 6.45) is 12.9. The fraction of sp³-hybridized carbons (Fsp3) is 0.737. The number of nitriles is 1. The van der Waals surface area contributed by atoms with E-state index in [-0.39, 0.29) is 15.6 Å². The SMILES string of the molecule is N#CCCCCn1cc(NC(=O)C23CC4CC(CC(Br)(C4)C2)C3)cn1. The van der Waals surface area contributed by atoms with Crippen molar-refractivity contribution in [2.45, 2.75) is 68.7 Å². The van der Waals surface area contributed by atoms with E-state index in [2.05, 4.69) is 32.4 Å². The van der Waals surface area contributed by atoms with Crippen LogP contribution in [0.25, 0.3) is 0 Å². The summed E-state index contributed by atoms with van der Waals surface area (Å²) in [5, 5.41) is 16.1. The van der Waals surface area contributed by atoms with Crippen molar-refractivity contribution in [2.75, 3.05) is 5.32 Å². The summed E-state index contributed by atoms with van der Waals surface area (Å²) in [7, 11) is 0. The first kappa shape index (κ1) is 17.1. The lowest BCUT2D eigenvalue weighted by Crippen LogP contribution is -2.57. The molecule has 134 valence electrons. The second-order valence-electron chi connectivity index (χ2n) is 8.45. The highest BCUT2D eigenvalue weighted by atomic mass is 79.9. The van der Waals surface area contributed by atoms with Crippen LogP contribution in [-0.4, -0.2) is 20.0 Å². The van der Waals surface area contributed by atoms with E-state index in [4.69, 9.17) is 5.26 Å². The largest absolute Gasteiger partial charge is 0.323 e. The fourth-order valence-electron chi connectivity index (χ4n) is 5.71. The quantitative estimate of drug-likeness (QED) is 0.568. The molecule has 25 heavy (non-hydrogen) atoms. The van der Waals surface area contributed by atoms with Crippen LogP contribution in [-0.2, 0) is 11.3 Å². The number of nitrogens with one attached hydrogen (secondary N) is 1. The molecule has 5 nitrogen and oxygen atoms in total. The van der Waals surface area contributed by atoms with E-state index in [0.717, 1.165) is 44.3 Å². The lowest BCUT2D eigenvalue weighted by atomic mass is 9.49. The maximum Gasteiger partial charge on any atom is 0.230 e. The zero-order valence-corrected chi connectivity index (χ0v) is 16.1. The molecule has 2 atom stereocenters. The van der Waals surface area contributed by atoms with Crippen molar-refractivity contribution in [3.05, 3.63) is 12.4 Å². The Balaban J connectivity index is 1.39. The van der Waals surface area contributed by atoms with Crippen LogP contribution in [0.4, 0.5) is 5.69 Å². The average molecular weight is 405 g/mol. The Labute approximate surface area is 157 Å². The van der Waals surface area contributed by atoms with Crippen molar-refractivity contribution in [1.29, 1.82) is 5.26 Å². The van der Waals surface area contributed by atoms with E-state index in [1.165, 1.54) is 19.3 Å². The lowest BCUT2D eigenvalue weighted by Gasteiger charge is -2.59. The monoisotopic (exact) mass is 404 g/mol. The third-order valence-corrected chi connectivity index (χ3v) is 7.22. The van der Waals surface area contributed by atoms with Gasteiger partial charge in [-0.05, 0) is 63.2 Å². The van der Waals surface area contributed by atoms with E-state index in [0.29, 0.717) is 18.3 Å². The summed E-state index contributed by atoms with van der Waals surface area (Å²) < 4.78 is 2.05. The summed E-state index contributed by atoms with van der Waals surface area (Å²) in [5.74, 6) is 1.60.